The van der Waals surface area contributed by atoms with Crippen molar-refractivity contribution in [1.82, 2.24) is 5.32 Å². The second-order valence-electron chi connectivity index (χ2n) is 10.0. The van der Waals surface area contributed by atoms with Crippen molar-refractivity contribution in [3.8, 4) is 0 Å². The lowest BCUT2D eigenvalue weighted by molar-refractivity contribution is -0.168. The molecule has 5 heteroatoms. The summed E-state index contributed by atoms with van der Waals surface area (Å²) in [5.41, 5.74) is 4.59. The van der Waals surface area contributed by atoms with Crippen molar-refractivity contribution >= 4 is 5.97 Å². The number of aliphatic hydroxyl groups excluding tert-OH is 1. The van der Waals surface area contributed by atoms with E-state index in [0.717, 1.165) is 6.42 Å². The molecule has 5 nitrogen and oxygen atoms in total. The molecule has 0 saturated carbocycles. The number of nitrogens with one attached hydrogen (secondary N) is 1. The fraction of sp³-hybridized carbons (Fsp3) is 0.955. The highest BCUT2D eigenvalue weighted by atomic mass is 16.5. The van der Waals surface area contributed by atoms with E-state index in [1.54, 1.807) is 0 Å². The summed E-state index contributed by atoms with van der Waals surface area (Å²) in [6.45, 7) is 18.9. The summed E-state index contributed by atoms with van der Waals surface area (Å²) in [7, 11) is 0. The molecule has 0 amide bonds. The maximum atomic E-state index is 13.1. The molecule has 162 valence electrons. The summed E-state index contributed by atoms with van der Waals surface area (Å²) in [5, 5.41) is 13.1. The molecule has 0 aliphatic heterocycles. The highest BCUT2D eigenvalue weighted by molar-refractivity contribution is 5.77. The highest BCUT2D eigenvalue weighted by Crippen LogP contribution is 2.50. The van der Waals surface area contributed by atoms with E-state index < -0.39 is 11.5 Å². The molecule has 0 aromatic rings. The number of ether oxygens (including phenoxy) is 1. The largest absolute Gasteiger partial charge is 0.462 e. The second kappa shape index (κ2) is 11.4. The van der Waals surface area contributed by atoms with Crippen molar-refractivity contribution in [2.45, 2.75) is 87.2 Å². The van der Waals surface area contributed by atoms with Gasteiger partial charge in [-0.05, 0) is 30.1 Å². The zero-order valence-corrected chi connectivity index (χ0v) is 19.2. The summed E-state index contributed by atoms with van der Waals surface area (Å²) in [5.74, 6) is 0.307. The smallest absolute Gasteiger partial charge is 0.312 e. The van der Waals surface area contributed by atoms with Crippen molar-refractivity contribution in [3.05, 3.63) is 0 Å². The molecular weight excluding hydrogens is 340 g/mol. The van der Waals surface area contributed by atoms with Gasteiger partial charge in [-0.1, -0.05) is 67.7 Å². The lowest BCUT2D eigenvalue weighted by Gasteiger charge is -2.46. The maximum Gasteiger partial charge on any atom is 0.312 e. The first-order valence-corrected chi connectivity index (χ1v) is 10.6. The Morgan fingerprint density at radius 2 is 1.78 bits per heavy atom. The third kappa shape index (κ3) is 8.49. The highest BCUT2D eigenvalue weighted by Gasteiger charge is 2.49. The van der Waals surface area contributed by atoms with Gasteiger partial charge in [0, 0.05) is 19.6 Å². The molecule has 0 saturated heterocycles. The van der Waals surface area contributed by atoms with E-state index in [4.69, 9.17) is 10.5 Å². The molecule has 0 aromatic heterocycles. The van der Waals surface area contributed by atoms with Crippen LogP contribution in [-0.2, 0) is 9.53 Å². The van der Waals surface area contributed by atoms with Crippen molar-refractivity contribution < 1.29 is 14.6 Å². The van der Waals surface area contributed by atoms with E-state index in [-0.39, 0.29) is 23.4 Å². The van der Waals surface area contributed by atoms with Crippen LogP contribution in [-0.4, -0.2) is 43.4 Å². The minimum absolute atomic E-state index is 0.00783. The Kier molecular flexibility index (Phi) is 11.1. The number of nitrogens with two attached hydrogens (primary N) is 1. The van der Waals surface area contributed by atoms with Crippen molar-refractivity contribution in [2.75, 3.05) is 26.2 Å². The van der Waals surface area contributed by atoms with Crippen LogP contribution in [0.15, 0.2) is 0 Å². The summed E-state index contributed by atoms with van der Waals surface area (Å²) in [6.07, 6.45) is 3.61. The van der Waals surface area contributed by atoms with Crippen molar-refractivity contribution in [1.29, 1.82) is 0 Å². The molecule has 0 heterocycles. The van der Waals surface area contributed by atoms with Crippen LogP contribution >= 0.6 is 0 Å². The lowest BCUT2D eigenvalue weighted by Crippen LogP contribution is -2.47. The van der Waals surface area contributed by atoms with Crippen LogP contribution in [0.5, 0.6) is 0 Å². The molecule has 0 aromatic carbocycles. The molecule has 0 fully saturated rings. The van der Waals surface area contributed by atoms with Gasteiger partial charge in [0.05, 0.1) is 5.41 Å². The summed E-state index contributed by atoms with van der Waals surface area (Å²) in [4.78, 5) is 13.1. The molecule has 0 radical (unpaired) electrons. The SMILES string of the molecule is CCCCC(C)C(C)(C)CC(C)(C(=O)OCC(O)CNCCN)C(C)(C)C. The standard InChI is InChI=1S/C22H46N2O3/c1-9-10-11-17(2)21(6,7)16-22(8,20(3,4)5)19(26)27-15-18(25)14-24-13-12-23/h17-18,24-25H,9-16,23H2,1-8H3. The van der Waals surface area contributed by atoms with Crippen LogP contribution < -0.4 is 11.1 Å². The van der Waals surface area contributed by atoms with Crippen molar-refractivity contribution in [2.24, 2.45) is 27.9 Å². The predicted octanol–water partition coefficient (Wildman–Crippen LogP) is 3.73. The van der Waals surface area contributed by atoms with Gasteiger partial charge < -0.3 is 20.9 Å². The predicted molar refractivity (Wildman–Crippen MR) is 114 cm³/mol. The van der Waals surface area contributed by atoms with Crippen LogP contribution in [0.3, 0.4) is 0 Å². The number of carbonyl (C=O) groups excluding carboxylic acids is 1. The maximum absolute atomic E-state index is 13.1. The fourth-order valence-corrected chi connectivity index (χ4v) is 3.39. The molecule has 0 rings (SSSR count). The van der Waals surface area contributed by atoms with Gasteiger partial charge in [-0.2, -0.15) is 0 Å². The molecule has 3 atom stereocenters. The van der Waals surface area contributed by atoms with E-state index in [0.29, 0.717) is 25.6 Å². The van der Waals surface area contributed by atoms with Gasteiger partial charge in [0.2, 0.25) is 0 Å². The first-order chi connectivity index (χ1) is 12.3. The second-order valence-corrected chi connectivity index (χ2v) is 10.0. The Morgan fingerprint density at radius 1 is 1.19 bits per heavy atom. The Balaban J connectivity index is 5.10. The number of rotatable bonds is 13. The van der Waals surface area contributed by atoms with Crippen molar-refractivity contribution in [3.63, 3.8) is 0 Å². The summed E-state index contributed by atoms with van der Waals surface area (Å²) >= 11 is 0. The van der Waals surface area contributed by atoms with Gasteiger partial charge in [0.1, 0.15) is 12.7 Å². The minimum atomic E-state index is -0.721. The van der Waals surface area contributed by atoms with E-state index in [1.165, 1.54) is 19.3 Å². The van der Waals surface area contributed by atoms with Crippen LogP contribution in [0.4, 0.5) is 0 Å². The van der Waals surface area contributed by atoms with Crippen LogP contribution in [0, 0.1) is 22.2 Å². The molecule has 4 N–H and O–H groups in total. The van der Waals surface area contributed by atoms with Gasteiger partial charge in [-0.25, -0.2) is 0 Å². The normalized spacial score (nSPS) is 17.3. The third-order valence-electron chi connectivity index (χ3n) is 6.35. The molecule has 0 aliphatic rings. The average molecular weight is 387 g/mol. The van der Waals surface area contributed by atoms with E-state index in [9.17, 15) is 9.90 Å². The van der Waals surface area contributed by atoms with Gasteiger partial charge in [-0.3, -0.25) is 4.79 Å². The molecule has 27 heavy (non-hydrogen) atoms. The molecule has 0 bridgehead atoms. The minimum Gasteiger partial charge on any atom is -0.462 e. The Labute approximate surface area is 167 Å². The first kappa shape index (κ1) is 26.4. The number of unbranched alkanes of at least 4 members (excludes halogenated alkanes) is 1. The monoisotopic (exact) mass is 386 g/mol. The fourth-order valence-electron chi connectivity index (χ4n) is 3.39. The number of carbonyl (C=O) groups is 1. The lowest BCUT2D eigenvalue weighted by atomic mass is 9.58. The number of aliphatic hydroxyl groups is 1. The molecule has 3 unspecified atom stereocenters. The van der Waals surface area contributed by atoms with Gasteiger partial charge >= 0.3 is 5.97 Å². The summed E-state index contributed by atoms with van der Waals surface area (Å²) in [6, 6.07) is 0. The quantitative estimate of drug-likeness (QED) is 0.332. The van der Waals surface area contributed by atoms with Gasteiger partial charge in [0.15, 0.2) is 0 Å². The van der Waals surface area contributed by atoms with Gasteiger partial charge in [0.25, 0.3) is 0 Å². The van der Waals surface area contributed by atoms with Crippen LogP contribution in [0.25, 0.3) is 0 Å². The number of hydrogen-bond acceptors (Lipinski definition) is 5. The Hall–Kier alpha value is -0.650. The zero-order valence-electron chi connectivity index (χ0n) is 19.2. The van der Waals surface area contributed by atoms with Crippen LogP contribution in [0.1, 0.15) is 81.1 Å². The number of esters is 1. The zero-order chi connectivity index (χ0) is 21.3. The number of hydrogen-bond donors (Lipinski definition) is 3. The molecule has 0 spiro atoms. The Morgan fingerprint density at radius 3 is 2.26 bits per heavy atom. The van der Waals surface area contributed by atoms with E-state index in [2.05, 4.69) is 53.8 Å². The summed E-state index contributed by atoms with van der Waals surface area (Å²) < 4.78 is 5.57. The topological polar surface area (TPSA) is 84.6 Å². The van der Waals surface area contributed by atoms with Gasteiger partial charge in [-0.15, -0.1) is 0 Å². The molecular formula is C22H46N2O3. The van der Waals surface area contributed by atoms with E-state index >= 15 is 0 Å². The Bertz CT molecular complexity index is 432. The van der Waals surface area contributed by atoms with E-state index in [1.807, 2.05) is 6.92 Å². The van der Waals surface area contributed by atoms with Crippen LogP contribution in [0.2, 0.25) is 0 Å². The third-order valence-corrected chi connectivity index (χ3v) is 6.35. The average Bonchev–Trinajstić information content (AvgIpc) is 2.56. The molecule has 0 aliphatic carbocycles. The first-order valence-electron chi connectivity index (χ1n) is 10.6.